The zero-order valence-corrected chi connectivity index (χ0v) is 27.7. The summed E-state index contributed by atoms with van der Waals surface area (Å²) in [5.74, 6) is 1.82. The molecule has 0 saturated carbocycles. The van der Waals surface area contributed by atoms with E-state index in [1.54, 1.807) is 49.1 Å². The number of nitrogens with zero attached hydrogens (tertiary/aromatic N) is 8. The van der Waals surface area contributed by atoms with Crippen LogP contribution >= 0.6 is 0 Å². The van der Waals surface area contributed by atoms with Gasteiger partial charge in [0.2, 0.25) is 17.7 Å². The Bertz CT molecular complexity index is 1570. The van der Waals surface area contributed by atoms with E-state index in [0.29, 0.717) is 39.1 Å². The van der Waals surface area contributed by atoms with Crippen LogP contribution in [0.2, 0.25) is 0 Å². The highest BCUT2D eigenvalue weighted by Crippen LogP contribution is 2.16. The Morgan fingerprint density at radius 3 is 1.79 bits per heavy atom. The number of carbonyl (C=O) groups is 3. The predicted molar refractivity (Wildman–Crippen MR) is 179 cm³/mol. The quantitative estimate of drug-likeness (QED) is 0.242. The molecule has 254 valence electrons. The van der Waals surface area contributed by atoms with Gasteiger partial charge in [0.25, 0.3) is 0 Å². The first kappa shape index (κ1) is 34.2. The lowest BCUT2D eigenvalue weighted by Gasteiger charge is -2.34. The van der Waals surface area contributed by atoms with Gasteiger partial charge in [-0.25, -0.2) is 9.97 Å². The molecule has 4 aromatic rings. The summed E-state index contributed by atoms with van der Waals surface area (Å²) >= 11 is 0. The number of imidazole rings is 2. The number of piperazine rings is 2. The van der Waals surface area contributed by atoms with E-state index >= 15 is 0 Å². The number of carbonyl (C=O) groups excluding carboxylic acids is 3. The molecule has 0 spiro atoms. The molecule has 0 aliphatic carbocycles. The topological polar surface area (TPSA) is 118 Å². The zero-order valence-electron chi connectivity index (χ0n) is 27.7. The van der Waals surface area contributed by atoms with Crippen LogP contribution in [0.5, 0.6) is 11.5 Å². The zero-order chi connectivity index (χ0) is 33.7. The summed E-state index contributed by atoms with van der Waals surface area (Å²) in [4.78, 5) is 52.6. The molecule has 48 heavy (non-hydrogen) atoms. The molecule has 13 nitrogen and oxygen atoms in total. The van der Waals surface area contributed by atoms with E-state index in [2.05, 4.69) is 27.0 Å². The fourth-order valence-corrected chi connectivity index (χ4v) is 5.62. The van der Waals surface area contributed by atoms with Gasteiger partial charge in [0.1, 0.15) is 18.0 Å². The average molecular weight is 657 g/mol. The van der Waals surface area contributed by atoms with E-state index in [0.717, 1.165) is 49.8 Å². The van der Waals surface area contributed by atoms with Crippen LogP contribution in [0.3, 0.4) is 0 Å². The molecule has 3 amide bonds. The molecule has 2 aromatic carbocycles. The van der Waals surface area contributed by atoms with E-state index in [1.165, 1.54) is 5.56 Å². The lowest BCUT2D eigenvalue weighted by atomic mass is 10.2. The molecule has 0 N–H and O–H groups in total. The van der Waals surface area contributed by atoms with Crippen LogP contribution in [-0.2, 0) is 40.6 Å². The van der Waals surface area contributed by atoms with Gasteiger partial charge in [-0.1, -0.05) is 24.3 Å². The number of hydrogen-bond acceptors (Lipinski definition) is 8. The van der Waals surface area contributed by atoms with Gasteiger partial charge in [0.15, 0.2) is 0 Å². The van der Waals surface area contributed by atoms with Crippen molar-refractivity contribution in [3.63, 3.8) is 0 Å². The van der Waals surface area contributed by atoms with Crippen molar-refractivity contribution in [1.82, 2.24) is 38.7 Å². The van der Waals surface area contributed by atoms with E-state index in [4.69, 9.17) is 9.47 Å². The number of hydrogen-bond donors (Lipinski definition) is 0. The normalized spacial score (nSPS) is 15.1. The van der Waals surface area contributed by atoms with Crippen molar-refractivity contribution in [2.45, 2.75) is 32.6 Å². The SMILES string of the molecule is COc1ccc(CN2CCN(C(=O)CCn3ccnc3)CC2=O)cc1.COc1ccc(CN2CCN(C(=O)Cn3ccnc3)CC2)cc1. The van der Waals surface area contributed by atoms with Crippen molar-refractivity contribution < 1.29 is 23.9 Å². The summed E-state index contributed by atoms with van der Waals surface area (Å²) in [6.07, 6.45) is 10.8. The summed E-state index contributed by atoms with van der Waals surface area (Å²) in [7, 11) is 3.30. The largest absolute Gasteiger partial charge is 0.497 e. The Morgan fingerprint density at radius 1 is 0.688 bits per heavy atom. The second kappa shape index (κ2) is 17.1. The molecule has 2 saturated heterocycles. The second-order valence-electron chi connectivity index (χ2n) is 11.8. The molecule has 13 heteroatoms. The van der Waals surface area contributed by atoms with Crippen LogP contribution in [-0.4, -0.2) is 116 Å². The smallest absolute Gasteiger partial charge is 0.242 e. The summed E-state index contributed by atoms with van der Waals surface area (Å²) in [5, 5.41) is 0. The molecule has 6 rings (SSSR count). The number of benzene rings is 2. The van der Waals surface area contributed by atoms with Gasteiger partial charge < -0.3 is 33.3 Å². The van der Waals surface area contributed by atoms with Crippen LogP contribution in [0.1, 0.15) is 17.5 Å². The van der Waals surface area contributed by atoms with Gasteiger partial charge in [0.05, 0.1) is 33.4 Å². The minimum absolute atomic E-state index is 0.00569. The number of aryl methyl sites for hydroxylation is 1. The first-order chi connectivity index (χ1) is 23.4. The van der Waals surface area contributed by atoms with Gasteiger partial charge in [-0.3, -0.25) is 19.3 Å². The Hall–Kier alpha value is -5.17. The Morgan fingerprint density at radius 2 is 1.25 bits per heavy atom. The summed E-state index contributed by atoms with van der Waals surface area (Å²) in [6.45, 7) is 7.08. The molecule has 2 aromatic heterocycles. The van der Waals surface area contributed by atoms with Gasteiger partial charge in [-0.05, 0) is 35.4 Å². The van der Waals surface area contributed by atoms with E-state index < -0.39 is 0 Å². The van der Waals surface area contributed by atoms with Crippen molar-refractivity contribution in [1.29, 1.82) is 0 Å². The first-order valence-electron chi connectivity index (χ1n) is 16.1. The van der Waals surface area contributed by atoms with Crippen LogP contribution in [0, 0.1) is 0 Å². The molecule has 0 unspecified atom stereocenters. The van der Waals surface area contributed by atoms with Crippen LogP contribution < -0.4 is 9.47 Å². The lowest BCUT2D eigenvalue weighted by molar-refractivity contribution is -0.145. The minimum Gasteiger partial charge on any atom is -0.497 e. The third-order valence-corrected chi connectivity index (χ3v) is 8.51. The van der Waals surface area contributed by atoms with E-state index in [1.807, 2.05) is 62.8 Å². The van der Waals surface area contributed by atoms with Crippen molar-refractivity contribution in [3.8, 4) is 11.5 Å². The minimum atomic E-state index is -0.0157. The van der Waals surface area contributed by atoms with Crippen molar-refractivity contribution in [2.75, 3.05) is 60.0 Å². The van der Waals surface area contributed by atoms with Gasteiger partial charge in [-0.2, -0.15) is 0 Å². The fourth-order valence-electron chi connectivity index (χ4n) is 5.62. The lowest BCUT2D eigenvalue weighted by Crippen LogP contribution is -2.51. The number of amides is 3. The highest BCUT2D eigenvalue weighted by molar-refractivity contribution is 5.86. The number of rotatable bonds is 11. The van der Waals surface area contributed by atoms with Crippen molar-refractivity contribution in [2.24, 2.45) is 0 Å². The highest BCUT2D eigenvalue weighted by Gasteiger charge is 2.27. The van der Waals surface area contributed by atoms with Gasteiger partial charge >= 0.3 is 0 Å². The summed E-state index contributed by atoms with van der Waals surface area (Å²) in [5.41, 5.74) is 2.32. The van der Waals surface area contributed by atoms with Gasteiger partial charge in [-0.15, -0.1) is 0 Å². The molecular formula is C35H44N8O5. The summed E-state index contributed by atoms with van der Waals surface area (Å²) < 4.78 is 14.0. The fraction of sp³-hybridized carbons (Fsp3) is 0.400. The Labute approximate surface area is 281 Å². The maximum atomic E-state index is 12.4. The Balaban J connectivity index is 0.000000188. The monoisotopic (exact) mass is 656 g/mol. The predicted octanol–water partition coefficient (Wildman–Crippen LogP) is 2.39. The van der Waals surface area contributed by atoms with Crippen LogP contribution in [0.15, 0.2) is 86.0 Å². The number of ether oxygens (including phenoxy) is 2. The van der Waals surface area contributed by atoms with Crippen molar-refractivity contribution in [3.05, 3.63) is 97.1 Å². The highest BCUT2D eigenvalue weighted by atomic mass is 16.5. The number of aromatic nitrogens is 4. The molecule has 0 bridgehead atoms. The van der Waals surface area contributed by atoms with E-state index in [-0.39, 0.29) is 24.3 Å². The number of methoxy groups -OCH3 is 2. The maximum Gasteiger partial charge on any atom is 0.242 e. The Kier molecular flexibility index (Phi) is 12.2. The standard InChI is InChI=1S/C18H22N4O3.C17H22N4O2/c1-25-16-4-2-15(3-5-16)12-21-10-11-22(13-18(21)24)17(23)6-8-20-9-7-19-14-20;1-23-16-4-2-15(3-5-16)12-19-8-10-21(11-9-19)17(22)13-20-7-6-18-14-20/h2-5,7,9,14H,6,8,10-13H2,1H3;2-7,14H,8-13H2,1H3. The first-order valence-corrected chi connectivity index (χ1v) is 16.1. The van der Waals surface area contributed by atoms with Crippen molar-refractivity contribution >= 4 is 17.7 Å². The second-order valence-corrected chi connectivity index (χ2v) is 11.8. The molecular weight excluding hydrogens is 612 g/mol. The molecule has 4 heterocycles. The maximum absolute atomic E-state index is 12.4. The molecule has 0 atom stereocenters. The summed E-state index contributed by atoms with van der Waals surface area (Å²) in [6, 6.07) is 15.8. The third-order valence-electron chi connectivity index (χ3n) is 8.51. The van der Waals surface area contributed by atoms with Crippen LogP contribution in [0.4, 0.5) is 0 Å². The van der Waals surface area contributed by atoms with Gasteiger partial charge in [0, 0.05) is 90.1 Å². The molecule has 2 fully saturated rings. The molecule has 2 aliphatic rings. The van der Waals surface area contributed by atoms with Crippen LogP contribution in [0.25, 0.3) is 0 Å². The molecule has 0 radical (unpaired) electrons. The van der Waals surface area contributed by atoms with E-state index in [9.17, 15) is 14.4 Å². The third kappa shape index (κ3) is 9.91. The molecule has 2 aliphatic heterocycles. The average Bonchev–Trinajstić information content (AvgIpc) is 3.84.